The zero-order valence-electron chi connectivity index (χ0n) is 17.4. The number of hydrogen-bond donors (Lipinski definition) is 0. The SMILES string of the molecule is C=C/C=C\C1=C(C=C)OC2OC(=C/C)/C(=C\C=C)OP23(O1)OC(=C/C=C)/C(=C\C=C)O3. The van der Waals surface area contributed by atoms with Gasteiger partial charge in [0.05, 0.1) is 0 Å². The first-order chi connectivity index (χ1) is 15.0. The van der Waals surface area contributed by atoms with Crippen molar-refractivity contribution >= 4 is 7.51 Å². The molecule has 6 nitrogen and oxygen atoms in total. The van der Waals surface area contributed by atoms with Gasteiger partial charge in [0.25, 0.3) is 0 Å². The molecule has 0 aromatic carbocycles. The van der Waals surface area contributed by atoms with Gasteiger partial charge >= 0.3 is 182 Å². The van der Waals surface area contributed by atoms with E-state index >= 15 is 0 Å². The van der Waals surface area contributed by atoms with Crippen LogP contribution in [-0.4, -0.2) is 6.03 Å². The van der Waals surface area contributed by atoms with Crippen molar-refractivity contribution in [2.75, 3.05) is 0 Å². The molecule has 0 bridgehead atoms. The van der Waals surface area contributed by atoms with E-state index in [0.717, 1.165) is 0 Å². The third-order valence-corrected chi connectivity index (χ3v) is 7.22. The maximum absolute atomic E-state index is 6.39. The van der Waals surface area contributed by atoms with Crippen LogP contribution in [0, 0.1) is 0 Å². The first-order valence-corrected chi connectivity index (χ1v) is 11.4. The molecule has 0 aromatic heterocycles. The van der Waals surface area contributed by atoms with E-state index in [2.05, 4.69) is 32.9 Å². The first-order valence-electron chi connectivity index (χ1n) is 9.45. The first kappa shape index (κ1) is 22.1. The van der Waals surface area contributed by atoms with Gasteiger partial charge in [0.15, 0.2) is 0 Å². The van der Waals surface area contributed by atoms with Gasteiger partial charge in [-0.05, 0) is 0 Å². The van der Waals surface area contributed by atoms with E-state index in [0.29, 0.717) is 28.8 Å². The molecule has 0 saturated carbocycles. The van der Waals surface area contributed by atoms with Crippen LogP contribution in [0.1, 0.15) is 6.92 Å². The van der Waals surface area contributed by atoms with Crippen molar-refractivity contribution in [1.29, 1.82) is 0 Å². The Morgan fingerprint density at radius 2 is 1.23 bits per heavy atom. The van der Waals surface area contributed by atoms with Crippen LogP contribution in [0.4, 0.5) is 0 Å². The van der Waals surface area contributed by atoms with E-state index in [-0.39, 0.29) is 5.76 Å². The topological polar surface area (TPSA) is 55.4 Å². The fraction of sp³-hybridized carbons (Fsp3) is 0.0833. The third-order valence-electron chi connectivity index (χ3n) is 4.22. The van der Waals surface area contributed by atoms with Gasteiger partial charge in [-0.2, -0.15) is 0 Å². The van der Waals surface area contributed by atoms with Crippen molar-refractivity contribution < 1.29 is 27.6 Å². The van der Waals surface area contributed by atoms with Gasteiger partial charge in [-0.3, -0.25) is 0 Å². The van der Waals surface area contributed by atoms with Crippen LogP contribution in [0.3, 0.4) is 0 Å². The third kappa shape index (κ3) is 3.66. The summed E-state index contributed by atoms with van der Waals surface area (Å²) in [4.78, 5) is 0. The molecule has 3 aliphatic heterocycles. The number of hydrogen-bond acceptors (Lipinski definition) is 6. The van der Waals surface area contributed by atoms with Crippen LogP contribution in [0.15, 0.2) is 134 Å². The predicted octanol–water partition coefficient (Wildman–Crippen LogP) is 6.88. The molecule has 2 fully saturated rings. The average Bonchev–Trinajstić information content (AvgIpc) is 3.05. The Hall–Kier alpha value is -3.63. The van der Waals surface area contributed by atoms with Crippen LogP contribution >= 0.6 is 7.51 Å². The molecule has 1 atom stereocenters. The minimum atomic E-state index is -4.65. The quantitative estimate of drug-likeness (QED) is 0.332. The summed E-state index contributed by atoms with van der Waals surface area (Å²) in [5.74, 6) is 2.02. The maximum atomic E-state index is 6.39. The molecule has 0 radical (unpaired) electrons. The summed E-state index contributed by atoms with van der Waals surface area (Å²) in [6, 6.07) is -1.20. The van der Waals surface area contributed by atoms with Crippen molar-refractivity contribution in [3.63, 3.8) is 0 Å². The molecule has 3 rings (SSSR count). The zero-order valence-corrected chi connectivity index (χ0v) is 18.3. The number of ether oxygens (including phenoxy) is 2. The Labute approximate surface area is 182 Å². The van der Waals surface area contributed by atoms with E-state index in [1.165, 1.54) is 6.08 Å². The molecule has 0 amide bonds. The second-order valence-corrected chi connectivity index (χ2v) is 9.15. The van der Waals surface area contributed by atoms with Gasteiger partial charge in [-0.15, -0.1) is 0 Å². The normalized spacial score (nSPS) is 29.5. The Bertz CT molecular complexity index is 995. The van der Waals surface area contributed by atoms with E-state index in [4.69, 9.17) is 27.6 Å². The molecule has 7 heteroatoms. The number of rotatable bonds is 6. The van der Waals surface area contributed by atoms with Crippen molar-refractivity contribution in [2.45, 2.75) is 13.0 Å². The van der Waals surface area contributed by atoms with Crippen LogP contribution in [0.2, 0.25) is 0 Å². The molecule has 2 saturated heterocycles. The Balaban J connectivity index is 2.29. The summed E-state index contributed by atoms with van der Waals surface area (Å²) in [6.45, 7) is 20.5. The van der Waals surface area contributed by atoms with Gasteiger partial charge in [0.2, 0.25) is 0 Å². The molecular weight excluding hydrogens is 415 g/mol. The van der Waals surface area contributed by atoms with E-state index in [1.54, 1.807) is 67.7 Å². The van der Waals surface area contributed by atoms with E-state index < -0.39 is 13.5 Å². The minimum absolute atomic E-state index is 0.284. The van der Waals surface area contributed by atoms with Crippen molar-refractivity contribution in [2.24, 2.45) is 0 Å². The van der Waals surface area contributed by atoms with Crippen molar-refractivity contribution in [3.8, 4) is 0 Å². The zero-order chi connectivity index (χ0) is 22.5. The number of allylic oxidation sites excluding steroid dienone is 11. The van der Waals surface area contributed by atoms with E-state index in [1.807, 2.05) is 0 Å². The molecule has 1 spiro atoms. The predicted molar refractivity (Wildman–Crippen MR) is 122 cm³/mol. The standard InChI is InChI=1S/C24H25O6P/c1-7-13-17-23-19(12-6)26-24-25-18(11-5)20(14-8-2)27-31(24,30-23)28-21(15-9-3)22(29-31)16-10-4/h7-17,24H,1-4,6H2,5H3/b17-13-,18-11+,20-14+,21-15+,22-16+. The summed E-state index contributed by atoms with van der Waals surface area (Å²) >= 11 is 0. The summed E-state index contributed by atoms with van der Waals surface area (Å²) in [6.07, 6.45) is 17.7. The van der Waals surface area contributed by atoms with Crippen molar-refractivity contribution in [1.82, 2.24) is 0 Å². The van der Waals surface area contributed by atoms with Crippen LogP contribution in [0.5, 0.6) is 0 Å². The fourth-order valence-corrected chi connectivity index (χ4v) is 6.15. The van der Waals surface area contributed by atoms with E-state index in [9.17, 15) is 0 Å². The second-order valence-electron chi connectivity index (χ2n) is 6.26. The average molecular weight is 440 g/mol. The summed E-state index contributed by atoms with van der Waals surface area (Å²) in [5.41, 5.74) is 0. The Morgan fingerprint density at radius 1 is 0.677 bits per heavy atom. The molecule has 162 valence electrons. The van der Waals surface area contributed by atoms with Gasteiger partial charge in [0, 0.05) is 0 Å². The molecular formula is C24H25O6P. The second kappa shape index (κ2) is 8.62. The Kier molecular flexibility index (Phi) is 6.14. The fourth-order valence-electron chi connectivity index (χ4n) is 2.99. The van der Waals surface area contributed by atoms with Crippen LogP contribution in [-0.2, 0) is 27.6 Å². The molecule has 31 heavy (non-hydrogen) atoms. The van der Waals surface area contributed by atoms with Gasteiger partial charge < -0.3 is 0 Å². The van der Waals surface area contributed by atoms with Gasteiger partial charge in [0.1, 0.15) is 0 Å². The monoisotopic (exact) mass is 440 g/mol. The van der Waals surface area contributed by atoms with Gasteiger partial charge in [-0.1, -0.05) is 0 Å². The Morgan fingerprint density at radius 3 is 1.68 bits per heavy atom. The van der Waals surface area contributed by atoms with Crippen LogP contribution in [0.25, 0.3) is 0 Å². The molecule has 0 N–H and O–H groups in total. The summed E-state index contributed by atoms with van der Waals surface area (Å²) < 4.78 is 37.6. The van der Waals surface area contributed by atoms with Gasteiger partial charge in [-0.25, -0.2) is 0 Å². The summed E-state index contributed by atoms with van der Waals surface area (Å²) in [5, 5.41) is 0. The van der Waals surface area contributed by atoms with Crippen LogP contribution < -0.4 is 0 Å². The molecule has 0 aromatic rings. The van der Waals surface area contributed by atoms with Crippen molar-refractivity contribution in [3.05, 3.63) is 134 Å². The molecule has 3 aliphatic rings. The molecule has 1 unspecified atom stereocenters. The summed E-state index contributed by atoms with van der Waals surface area (Å²) in [7, 11) is -4.65. The molecule has 0 aliphatic carbocycles. The molecule has 3 heterocycles.